The number of carbonyl (C=O) groups is 1. The zero-order valence-corrected chi connectivity index (χ0v) is 11.8. The monoisotopic (exact) mass is 292 g/mol. The van der Waals surface area contributed by atoms with E-state index in [0.717, 1.165) is 20.0 Å². The minimum Gasteiger partial charge on any atom is -0.452 e. The van der Waals surface area contributed by atoms with Gasteiger partial charge >= 0.3 is 16.3 Å². The number of carbonyl (C=O) groups excluding carboxylic acids is 1. The molecule has 19 heavy (non-hydrogen) atoms. The summed E-state index contributed by atoms with van der Waals surface area (Å²) < 4.78 is 31.8. The summed E-state index contributed by atoms with van der Waals surface area (Å²) in [4.78, 5) is 11.0. The van der Waals surface area contributed by atoms with Crippen LogP contribution in [-0.2, 0) is 14.9 Å². The maximum Gasteiger partial charge on any atom is 0.421 e. The maximum atomic E-state index is 11.8. The summed E-state index contributed by atoms with van der Waals surface area (Å²) in [7, 11) is -3.05. The highest BCUT2D eigenvalue weighted by Gasteiger charge is 2.41. The fourth-order valence-electron chi connectivity index (χ4n) is 2.12. The van der Waals surface area contributed by atoms with Crippen LogP contribution in [0.2, 0.25) is 0 Å². The van der Waals surface area contributed by atoms with E-state index in [2.05, 4.69) is 16.4 Å². The number of amides is 1. The Morgan fingerprint density at radius 2 is 1.95 bits per heavy atom. The summed E-state index contributed by atoms with van der Waals surface area (Å²) >= 11 is 0. The van der Waals surface area contributed by atoms with E-state index in [4.69, 9.17) is 11.1 Å². The predicted molar refractivity (Wildman–Crippen MR) is 69.9 cm³/mol. The molecular weight excluding hydrogens is 272 g/mol. The SMILES string of the molecule is COC(=O)NS(=O)(=O)NC1(C(=N)N)CCC(C)CC1. The third-order valence-electron chi connectivity index (χ3n) is 3.38. The van der Waals surface area contributed by atoms with Gasteiger partial charge in [-0.2, -0.15) is 13.1 Å². The van der Waals surface area contributed by atoms with Crippen molar-refractivity contribution in [2.75, 3.05) is 7.11 Å². The second kappa shape index (κ2) is 5.74. The maximum absolute atomic E-state index is 11.8. The highest BCUT2D eigenvalue weighted by molar-refractivity contribution is 7.88. The topological polar surface area (TPSA) is 134 Å². The molecule has 1 aliphatic carbocycles. The summed E-state index contributed by atoms with van der Waals surface area (Å²) in [6.07, 6.45) is 1.31. The third kappa shape index (κ3) is 4.06. The molecule has 0 unspecified atom stereocenters. The minimum absolute atomic E-state index is 0.241. The lowest BCUT2D eigenvalue weighted by molar-refractivity contribution is 0.177. The number of amidine groups is 1. The van der Waals surface area contributed by atoms with Crippen molar-refractivity contribution < 1.29 is 17.9 Å². The van der Waals surface area contributed by atoms with Crippen LogP contribution in [0.5, 0.6) is 0 Å². The van der Waals surface area contributed by atoms with Crippen LogP contribution in [0.3, 0.4) is 0 Å². The molecule has 1 aliphatic rings. The van der Waals surface area contributed by atoms with E-state index in [0.29, 0.717) is 18.8 Å². The molecular formula is C10H20N4O4S. The molecule has 1 amide bonds. The Labute approximate surface area is 112 Å². The fraction of sp³-hybridized carbons (Fsp3) is 0.800. The van der Waals surface area contributed by atoms with Crippen molar-refractivity contribution in [3.8, 4) is 0 Å². The summed E-state index contributed by atoms with van der Waals surface area (Å²) in [5.74, 6) is 0.222. The summed E-state index contributed by atoms with van der Waals surface area (Å²) in [5.41, 5.74) is 4.41. The quantitative estimate of drug-likeness (QED) is 0.429. The van der Waals surface area contributed by atoms with Crippen LogP contribution in [-0.4, -0.2) is 33.0 Å². The van der Waals surface area contributed by atoms with Crippen molar-refractivity contribution in [3.63, 3.8) is 0 Å². The van der Waals surface area contributed by atoms with Gasteiger partial charge in [-0.1, -0.05) is 6.92 Å². The third-order valence-corrected chi connectivity index (χ3v) is 4.47. The molecule has 0 spiro atoms. The lowest BCUT2D eigenvalue weighted by Crippen LogP contribution is -2.61. The van der Waals surface area contributed by atoms with Crippen molar-refractivity contribution >= 4 is 22.1 Å². The standard InChI is InChI=1S/C10H20N4O4S/c1-7-3-5-10(6-4-7,8(11)12)14-19(16,17)13-9(15)18-2/h7,14H,3-6H2,1-2H3,(H3,11,12)(H,13,15). The molecule has 110 valence electrons. The van der Waals surface area contributed by atoms with Gasteiger partial charge in [-0.25, -0.2) is 9.52 Å². The molecule has 9 heteroatoms. The van der Waals surface area contributed by atoms with Gasteiger partial charge in [0, 0.05) is 0 Å². The van der Waals surface area contributed by atoms with Crippen molar-refractivity contribution in [2.24, 2.45) is 11.7 Å². The van der Waals surface area contributed by atoms with Gasteiger partial charge in [0.25, 0.3) is 0 Å². The molecule has 0 saturated heterocycles. The Hall–Kier alpha value is -1.35. The molecule has 0 atom stereocenters. The number of nitrogens with two attached hydrogens (primary N) is 1. The normalized spacial score (nSPS) is 27.6. The summed E-state index contributed by atoms with van der Waals surface area (Å²) in [5, 5.41) is 7.62. The molecule has 1 rings (SSSR count). The van der Waals surface area contributed by atoms with Crippen LogP contribution in [0.1, 0.15) is 32.6 Å². The minimum atomic E-state index is -4.11. The van der Waals surface area contributed by atoms with E-state index in [1.807, 2.05) is 0 Å². The Morgan fingerprint density at radius 1 is 1.42 bits per heavy atom. The van der Waals surface area contributed by atoms with Gasteiger partial charge in [0.05, 0.1) is 12.6 Å². The van der Waals surface area contributed by atoms with Crippen LogP contribution >= 0.6 is 0 Å². The molecule has 0 aromatic rings. The smallest absolute Gasteiger partial charge is 0.421 e. The van der Waals surface area contributed by atoms with Crippen LogP contribution in [0.4, 0.5) is 4.79 Å². The van der Waals surface area contributed by atoms with Gasteiger partial charge in [-0.15, -0.1) is 0 Å². The number of rotatable bonds is 4. The second-order valence-corrected chi connectivity index (χ2v) is 6.29. The Kier molecular flexibility index (Phi) is 4.75. The first-order valence-electron chi connectivity index (χ1n) is 5.95. The Morgan fingerprint density at radius 3 is 2.37 bits per heavy atom. The molecule has 1 saturated carbocycles. The van der Waals surface area contributed by atoms with Crippen molar-refractivity contribution in [2.45, 2.75) is 38.1 Å². The number of hydrogen-bond acceptors (Lipinski definition) is 5. The van der Waals surface area contributed by atoms with Gasteiger partial charge in [-0.3, -0.25) is 5.41 Å². The lowest BCUT2D eigenvalue weighted by Gasteiger charge is -2.38. The van der Waals surface area contributed by atoms with E-state index < -0.39 is 21.8 Å². The fourth-order valence-corrected chi connectivity index (χ4v) is 3.30. The van der Waals surface area contributed by atoms with E-state index in [-0.39, 0.29) is 5.84 Å². The van der Waals surface area contributed by atoms with Gasteiger partial charge in [0.2, 0.25) is 0 Å². The van der Waals surface area contributed by atoms with Crippen LogP contribution < -0.4 is 15.2 Å². The van der Waals surface area contributed by atoms with E-state index in [1.165, 1.54) is 0 Å². The highest BCUT2D eigenvalue weighted by atomic mass is 32.2. The molecule has 1 fully saturated rings. The molecule has 0 heterocycles. The first-order valence-corrected chi connectivity index (χ1v) is 7.43. The van der Waals surface area contributed by atoms with Crippen LogP contribution in [0, 0.1) is 11.3 Å². The first-order chi connectivity index (χ1) is 8.71. The molecule has 0 aliphatic heterocycles. The van der Waals surface area contributed by atoms with E-state index >= 15 is 0 Å². The molecule has 0 aromatic carbocycles. The molecule has 0 bridgehead atoms. The van der Waals surface area contributed by atoms with Crippen LogP contribution in [0.15, 0.2) is 0 Å². The Bertz CT molecular complexity index is 454. The van der Waals surface area contributed by atoms with Gasteiger partial charge in [0.15, 0.2) is 0 Å². The highest BCUT2D eigenvalue weighted by Crippen LogP contribution is 2.32. The predicted octanol–water partition coefficient (Wildman–Crippen LogP) is 0.0617. The first kappa shape index (κ1) is 15.7. The number of hydrogen-bond donors (Lipinski definition) is 4. The average Bonchev–Trinajstić information content (AvgIpc) is 2.31. The largest absolute Gasteiger partial charge is 0.452 e. The van der Waals surface area contributed by atoms with Crippen molar-refractivity contribution in [3.05, 3.63) is 0 Å². The van der Waals surface area contributed by atoms with E-state index in [9.17, 15) is 13.2 Å². The Balaban J connectivity index is 2.85. The molecule has 8 nitrogen and oxygen atoms in total. The summed E-state index contributed by atoms with van der Waals surface area (Å²) in [6.45, 7) is 2.06. The molecule has 0 radical (unpaired) electrons. The number of ether oxygens (including phenoxy) is 1. The van der Waals surface area contributed by atoms with Gasteiger partial charge in [-0.05, 0) is 31.6 Å². The number of nitrogens with one attached hydrogen (secondary N) is 3. The van der Waals surface area contributed by atoms with E-state index in [1.54, 1.807) is 4.72 Å². The zero-order chi connectivity index (χ0) is 14.7. The summed E-state index contributed by atoms with van der Waals surface area (Å²) in [6, 6.07) is 0. The lowest BCUT2D eigenvalue weighted by atomic mass is 9.77. The van der Waals surface area contributed by atoms with Crippen molar-refractivity contribution in [1.82, 2.24) is 9.44 Å². The molecule has 0 aromatic heterocycles. The van der Waals surface area contributed by atoms with Crippen LogP contribution in [0.25, 0.3) is 0 Å². The molecule has 5 N–H and O–H groups in total. The zero-order valence-electron chi connectivity index (χ0n) is 11.0. The van der Waals surface area contributed by atoms with Gasteiger partial charge in [0.1, 0.15) is 5.84 Å². The van der Waals surface area contributed by atoms with Crippen molar-refractivity contribution in [1.29, 1.82) is 5.41 Å². The van der Waals surface area contributed by atoms with Gasteiger partial charge < -0.3 is 10.5 Å². The number of methoxy groups -OCH3 is 1. The average molecular weight is 292 g/mol. The second-order valence-electron chi connectivity index (χ2n) is 4.88.